The van der Waals surface area contributed by atoms with Gasteiger partial charge in [-0.05, 0) is 44.0 Å². The molecule has 2 saturated heterocycles. The van der Waals surface area contributed by atoms with Crippen molar-refractivity contribution in [3.63, 3.8) is 0 Å². The van der Waals surface area contributed by atoms with E-state index in [-0.39, 0.29) is 11.9 Å². The van der Waals surface area contributed by atoms with Crippen LogP contribution in [0.5, 0.6) is 0 Å². The maximum atomic E-state index is 12.6. The average Bonchev–Trinajstić information content (AvgIpc) is 3.14. The summed E-state index contributed by atoms with van der Waals surface area (Å²) < 4.78 is 43.5. The van der Waals surface area contributed by atoms with Crippen LogP contribution in [0.1, 0.15) is 25.3 Å². The summed E-state index contributed by atoms with van der Waals surface area (Å²) in [4.78, 5) is 16.9. The molecule has 0 saturated carbocycles. The molecular formula is C19H26F3N3O2. The third kappa shape index (κ3) is 5.43. The number of carbonyl (C=O) groups excluding carboxylic acids is 1. The Morgan fingerprint density at radius 1 is 1.22 bits per heavy atom. The van der Waals surface area contributed by atoms with Crippen LogP contribution in [0, 0.1) is 0 Å². The molecule has 0 unspecified atom stereocenters. The molecule has 2 heterocycles. The Labute approximate surface area is 157 Å². The largest absolute Gasteiger partial charge is 0.416 e. The van der Waals surface area contributed by atoms with Gasteiger partial charge in [-0.2, -0.15) is 13.2 Å². The summed E-state index contributed by atoms with van der Waals surface area (Å²) in [6, 6.07) is 4.19. The number of benzene rings is 1. The molecule has 5 nitrogen and oxygen atoms in total. The molecule has 0 aromatic heterocycles. The lowest BCUT2D eigenvalue weighted by molar-refractivity contribution is -0.137. The fourth-order valence-electron chi connectivity index (χ4n) is 3.56. The molecule has 0 aliphatic carbocycles. The maximum absolute atomic E-state index is 12.6. The van der Waals surface area contributed by atoms with Gasteiger partial charge in [-0.3, -0.25) is 14.6 Å². The number of piperazine rings is 1. The number of ether oxygens (including phenoxy) is 1. The van der Waals surface area contributed by atoms with Crippen LogP contribution in [0.4, 0.5) is 18.9 Å². The van der Waals surface area contributed by atoms with Crippen molar-refractivity contribution in [3.05, 3.63) is 29.8 Å². The van der Waals surface area contributed by atoms with E-state index in [1.165, 1.54) is 12.1 Å². The number of alkyl halides is 3. The zero-order chi connectivity index (χ0) is 19.4. The minimum absolute atomic E-state index is 0.206. The van der Waals surface area contributed by atoms with Gasteiger partial charge in [0.15, 0.2) is 0 Å². The number of hydrogen-bond donors (Lipinski definition) is 1. The lowest BCUT2D eigenvalue weighted by Gasteiger charge is -2.38. The minimum Gasteiger partial charge on any atom is -0.377 e. The van der Waals surface area contributed by atoms with Gasteiger partial charge in [-0.1, -0.05) is 0 Å². The van der Waals surface area contributed by atoms with E-state index >= 15 is 0 Å². The van der Waals surface area contributed by atoms with E-state index in [9.17, 15) is 18.0 Å². The van der Waals surface area contributed by atoms with E-state index in [4.69, 9.17) is 4.74 Å². The fourth-order valence-corrected chi connectivity index (χ4v) is 3.56. The van der Waals surface area contributed by atoms with Crippen molar-refractivity contribution < 1.29 is 22.7 Å². The van der Waals surface area contributed by atoms with E-state index < -0.39 is 11.7 Å². The van der Waals surface area contributed by atoms with Crippen LogP contribution in [0.3, 0.4) is 0 Å². The molecule has 27 heavy (non-hydrogen) atoms. The van der Waals surface area contributed by atoms with Gasteiger partial charge in [-0.25, -0.2) is 0 Å². The first kappa shape index (κ1) is 20.1. The zero-order valence-corrected chi connectivity index (χ0v) is 15.5. The summed E-state index contributed by atoms with van der Waals surface area (Å²) in [7, 11) is 0. The smallest absolute Gasteiger partial charge is 0.377 e. The molecule has 1 N–H and O–H groups in total. The van der Waals surface area contributed by atoms with E-state index in [0.29, 0.717) is 11.8 Å². The molecule has 1 aromatic rings. The number of halogens is 3. The maximum Gasteiger partial charge on any atom is 0.416 e. The van der Waals surface area contributed by atoms with E-state index in [1.807, 2.05) is 6.92 Å². The van der Waals surface area contributed by atoms with Gasteiger partial charge in [0.2, 0.25) is 5.91 Å². The number of anilines is 1. The molecule has 3 rings (SSSR count). The fraction of sp³-hybridized carbons (Fsp3) is 0.632. The second kappa shape index (κ2) is 8.58. The van der Waals surface area contributed by atoms with Crippen LogP contribution in [0.25, 0.3) is 0 Å². The molecule has 0 bridgehead atoms. The normalized spacial score (nSPS) is 23.3. The monoisotopic (exact) mass is 385 g/mol. The predicted octanol–water partition coefficient (Wildman–Crippen LogP) is 2.83. The van der Waals surface area contributed by atoms with Gasteiger partial charge in [-0.15, -0.1) is 0 Å². The van der Waals surface area contributed by atoms with Gasteiger partial charge < -0.3 is 10.1 Å². The second-order valence-corrected chi connectivity index (χ2v) is 7.21. The first-order chi connectivity index (χ1) is 12.8. The molecule has 1 aromatic carbocycles. The molecule has 2 aliphatic rings. The summed E-state index contributed by atoms with van der Waals surface area (Å²) in [5, 5.41) is 2.71. The number of amides is 1. The Kier molecular flexibility index (Phi) is 6.39. The van der Waals surface area contributed by atoms with Crippen molar-refractivity contribution in [1.82, 2.24) is 9.80 Å². The lowest BCUT2D eigenvalue weighted by Crippen LogP contribution is -2.53. The second-order valence-electron chi connectivity index (χ2n) is 7.21. The summed E-state index contributed by atoms with van der Waals surface area (Å²) in [6.45, 7) is 6.97. The van der Waals surface area contributed by atoms with Crippen molar-refractivity contribution in [2.45, 2.75) is 38.1 Å². The molecule has 2 fully saturated rings. The highest BCUT2D eigenvalue weighted by molar-refractivity contribution is 5.94. The van der Waals surface area contributed by atoms with Gasteiger partial charge in [0.05, 0.1) is 17.7 Å². The molecule has 150 valence electrons. The molecular weight excluding hydrogens is 359 g/mol. The lowest BCUT2D eigenvalue weighted by atomic mass is 10.1. The van der Waals surface area contributed by atoms with E-state index in [1.54, 1.807) is 0 Å². The van der Waals surface area contributed by atoms with Crippen molar-refractivity contribution in [1.29, 1.82) is 0 Å². The third-order valence-electron chi connectivity index (χ3n) is 5.30. The van der Waals surface area contributed by atoms with Crippen LogP contribution in [0.15, 0.2) is 24.3 Å². The number of hydrogen-bond acceptors (Lipinski definition) is 4. The third-order valence-corrected chi connectivity index (χ3v) is 5.30. The van der Waals surface area contributed by atoms with Gasteiger partial charge in [0.25, 0.3) is 0 Å². The Balaban J connectivity index is 1.46. The van der Waals surface area contributed by atoms with Crippen molar-refractivity contribution in [2.24, 2.45) is 0 Å². The standard InChI is InChI=1S/C19H26F3N3O2/c1-14(18(26)23-16-6-4-15(5-7-16)19(20,21)22)25-10-8-24(9-11-25)13-17-3-2-12-27-17/h4-7,14,17H,2-3,8-13H2,1H3,(H,23,26)/t14-,17+/m0/s1. The number of nitrogens with zero attached hydrogens (tertiary/aromatic N) is 2. The highest BCUT2D eigenvalue weighted by Crippen LogP contribution is 2.29. The Bertz CT molecular complexity index is 622. The number of nitrogens with one attached hydrogen (secondary N) is 1. The van der Waals surface area contributed by atoms with Gasteiger partial charge in [0, 0.05) is 45.0 Å². The number of carbonyl (C=O) groups is 1. The average molecular weight is 385 g/mol. The van der Waals surface area contributed by atoms with Crippen LogP contribution in [0.2, 0.25) is 0 Å². The summed E-state index contributed by atoms with van der Waals surface area (Å²) in [5.41, 5.74) is -0.354. The Hall–Kier alpha value is -1.64. The minimum atomic E-state index is -4.38. The Morgan fingerprint density at radius 3 is 2.44 bits per heavy atom. The molecule has 0 radical (unpaired) electrons. The van der Waals surface area contributed by atoms with Gasteiger partial charge >= 0.3 is 6.18 Å². The van der Waals surface area contributed by atoms with Crippen LogP contribution < -0.4 is 5.32 Å². The zero-order valence-electron chi connectivity index (χ0n) is 15.5. The number of rotatable bonds is 5. The van der Waals surface area contributed by atoms with E-state index in [0.717, 1.165) is 64.3 Å². The summed E-state index contributed by atoms with van der Waals surface area (Å²) >= 11 is 0. The Morgan fingerprint density at radius 2 is 1.89 bits per heavy atom. The molecule has 2 atom stereocenters. The first-order valence-electron chi connectivity index (χ1n) is 9.39. The van der Waals surface area contributed by atoms with Gasteiger partial charge in [0.1, 0.15) is 0 Å². The summed E-state index contributed by atoms with van der Waals surface area (Å²) in [5.74, 6) is -0.206. The first-order valence-corrected chi connectivity index (χ1v) is 9.39. The SMILES string of the molecule is C[C@@H](C(=O)Nc1ccc(C(F)(F)F)cc1)N1CCN(C[C@H]2CCCO2)CC1. The van der Waals surface area contributed by atoms with Crippen molar-refractivity contribution in [3.8, 4) is 0 Å². The van der Waals surface area contributed by atoms with Crippen LogP contribution in [-0.2, 0) is 15.7 Å². The highest BCUT2D eigenvalue weighted by Gasteiger charge is 2.30. The van der Waals surface area contributed by atoms with E-state index in [2.05, 4.69) is 15.1 Å². The summed E-state index contributed by atoms with van der Waals surface area (Å²) in [6.07, 6.45) is -1.80. The quantitative estimate of drug-likeness (QED) is 0.847. The predicted molar refractivity (Wildman–Crippen MR) is 96.5 cm³/mol. The molecule has 2 aliphatic heterocycles. The van der Waals surface area contributed by atoms with Crippen LogP contribution in [-0.4, -0.2) is 67.2 Å². The molecule has 0 spiro atoms. The topological polar surface area (TPSA) is 44.8 Å². The molecule has 8 heteroatoms. The van der Waals surface area contributed by atoms with Crippen molar-refractivity contribution in [2.75, 3.05) is 44.6 Å². The van der Waals surface area contributed by atoms with Crippen LogP contribution >= 0.6 is 0 Å². The van der Waals surface area contributed by atoms with Crippen molar-refractivity contribution >= 4 is 11.6 Å². The molecule has 1 amide bonds. The highest BCUT2D eigenvalue weighted by atomic mass is 19.4.